The lowest BCUT2D eigenvalue weighted by molar-refractivity contribution is 0.0170. The van der Waals surface area contributed by atoms with E-state index in [0.717, 1.165) is 32.4 Å². The van der Waals surface area contributed by atoms with E-state index in [1.165, 1.54) is 0 Å². The summed E-state index contributed by atoms with van der Waals surface area (Å²) in [5.74, 6) is 0. The summed E-state index contributed by atoms with van der Waals surface area (Å²) in [6, 6.07) is -0.0493. The maximum Gasteiger partial charge on any atom is 0.315 e. The highest BCUT2D eigenvalue weighted by Crippen LogP contribution is 2.23. The molecule has 12 heavy (non-hydrogen) atoms. The lowest BCUT2D eigenvalue weighted by Gasteiger charge is -2.40. The number of amides is 2. The molecule has 2 rings (SSSR count). The van der Waals surface area contributed by atoms with Gasteiger partial charge in [0.2, 0.25) is 0 Å². The van der Waals surface area contributed by atoms with Crippen molar-refractivity contribution in [3.63, 3.8) is 0 Å². The van der Waals surface area contributed by atoms with Crippen LogP contribution in [0.5, 0.6) is 0 Å². The summed E-state index contributed by atoms with van der Waals surface area (Å²) in [6.45, 7) is 2.29. The fourth-order valence-electron chi connectivity index (χ4n) is 1.91. The van der Waals surface area contributed by atoms with Crippen molar-refractivity contribution in [2.45, 2.75) is 24.8 Å². The van der Waals surface area contributed by atoms with Gasteiger partial charge in [-0.05, 0) is 19.3 Å². The van der Waals surface area contributed by atoms with Gasteiger partial charge in [0.1, 0.15) is 0 Å². The highest BCUT2D eigenvalue weighted by molar-refractivity contribution is 5.75. The second kappa shape index (κ2) is 2.94. The van der Waals surface area contributed by atoms with Crippen molar-refractivity contribution in [2.24, 2.45) is 0 Å². The molecule has 0 aromatic heterocycles. The summed E-state index contributed by atoms with van der Waals surface area (Å²) in [5.41, 5.74) is -0.0550. The van der Waals surface area contributed by atoms with Gasteiger partial charge in [0.05, 0.1) is 12.1 Å². The van der Waals surface area contributed by atoms with Crippen LogP contribution in [-0.2, 0) is 4.74 Å². The average Bonchev–Trinajstić information content (AvgIpc) is 2.05. The first-order chi connectivity index (χ1) is 5.81. The smallest absolute Gasteiger partial charge is 0.315 e. The van der Waals surface area contributed by atoms with Crippen molar-refractivity contribution in [3.05, 3.63) is 0 Å². The second-order valence-corrected chi connectivity index (χ2v) is 3.57. The first-order valence-electron chi connectivity index (χ1n) is 4.45. The van der Waals surface area contributed by atoms with Crippen LogP contribution in [0.25, 0.3) is 0 Å². The number of carbonyl (C=O) groups excluding carboxylic acids is 1. The number of carbonyl (C=O) groups is 1. The Labute approximate surface area is 71.7 Å². The third kappa shape index (κ3) is 1.39. The number of ether oxygens (including phenoxy) is 1. The largest absolute Gasteiger partial charge is 0.379 e. The highest BCUT2D eigenvalue weighted by Gasteiger charge is 2.36. The van der Waals surface area contributed by atoms with E-state index in [-0.39, 0.29) is 11.6 Å². The van der Waals surface area contributed by atoms with Crippen molar-refractivity contribution < 1.29 is 9.53 Å². The molecule has 2 heterocycles. The zero-order chi connectivity index (χ0) is 8.44. The first kappa shape index (κ1) is 7.86. The van der Waals surface area contributed by atoms with Gasteiger partial charge in [-0.1, -0.05) is 0 Å². The van der Waals surface area contributed by atoms with Gasteiger partial charge in [0.25, 0.3) is 0 Å². The van der Waals surface area contributed by atoms with E-state index in [4.69, 9.17) is 4.74 Å². The maximum absolute atomic E-state index is 11.1. The van der Waals surface area contributed by atoms with Gasteiger partial charge in [-0.3, -0.25) is 0 Å². The number of hydrogen-bond acceptors (Lipinski definition) is 2. The average molecular weight is 170 g/mol. The van der Waals surface area contributed by atoms with Gasteiger partial charge in [-0.25, -0.2) is 4.79 Å². The molecular weight excluding hydrogens is 156 g/mol. The van der Waals surface area contributed by atoms with E-state index in [1.807, 2.05) is 0 Å². The molecule has 0 bridgehead atoms. The summed E-state index contributed by atoms with van der Waals surface area (Å²) in [6.07, 6.45) is 3.10. The van der Waals surface area contributed by atoms with Crippen molar-refractivity contribution in [2.75, 3.05) is 19.8 Å². The standard InChI is InChI=1S/C8H14N2O2/c11-7-9-4-3-8(10-7)2-1-5-12-6-8/h1-6H2,(H2,9,10,11). The summed E-state index contributed by atoms with van der Waals surface area (Å²) in [5, 5.41) is 5.70. The molecule has 0 aromatic rings. The van der Waals surface area contributed by atoms with Crippen molar-refractivity contribution in [1.29, 1.82) is 0 Å². The monoisotopic (exact) mass is 170 g/mol. The molecule has 2 N–H and O–H groups in total. The molecule has 2 fully saturated rings. The highest BCUT2D eigenvalue weighted by atomic mass is 16.5. The number of rotatable bonds is 0. The number of urea groups is 1. The van der Waals surface area contributed by atoms with E-state index < -0.39 is 0 Å². The van der Waals surface area contributed by atoms with Crippen LogP contribution in [0.3, 0.4) is 0 Å². The third-order valence-electron chi connectivity index (χ3n) is 2.59. The Bertz CT molecular complexity index is 182. The second-order valence-electron chi connectivity index (χ2n) is 3.57. The molecule has 0 aromatic carbocycles. The summed E-state index contributed by atoms with van der Waals surface area (Å²) >= 11 is 0. The predicted molar refractivity (Wildman–Crippen MR) is 43.9 cm³/mol. The molecule has 2 saturated heterocycles. The predicted octanol–water partition coefficient (Wildman–Crippen LogP) is 0.238. The van der Waals surface area contributed by atoms with E-state index >= 15 is 0 Å². The van der Waals surface area contributed by atoms with Gasteiger partial charge in [-0.2, -0.15) is 0 Å². The van der Waals surface area contributed by atoms with Gasteiger partial charge in [-0.15, -0.1) is 0 Å². The molecule has 68 valence electrons. The van der Waals surface area contributed by atoms with Gasteiger partial charge < -0.3 is 15.4 Å². The molecule has 1 atom stereocenters. The zero-order valence-corrected chi connectivity index (χ0v) is 7.06. The van der Waals surface area contributed by atoms with Crippen LogP contribution in [0.1, 0.15) is 19.3 Å². The van der Waals surface area contributed by atoms with Crippen LogP contribution < -0.4 is 10.6 Å². The summed E-state index contributed by atoms with van der Waals surface area (Å²) in [4.78, 5) is 11.1. The Hall–Kier alpha value is -0.770. The van der Waals surface area contributed by atoms with E-state index in [0.29, 0.717) is 6.61 Å². The summed E-state index contributed by atoms with van der Waals surface area (Å²) in [7, 11) is 0. The van der Waals surface area contributed by atoms with Crippen LogP contribution in [0.15, 0.2) is 0 Å². The third-order valence-corrected chi connectivity index (χ3v) is 2.59. The Morgan fingerprint density at radius 2 is 2.33 bits per heavy atom. The molecule has 2 aliphatic heterocycles. The molecular formula is C8H14N2O2. The summed E-state index contributed by atoms with van der Waals surface area (Å²) < 4.78 is 5.37. The van der Waals surface area contributed by atoms with Crippen molar-refractivity contribution in [3.8, 4) is 0 Å². The van der Waals surface area contributed by atoms with Crippen LogP contribution in [0.2, 0.25) is 0 Å². The topological polar surface area (TPSA) is 50.4 Å². The SMILES string of the molecule is O=C1NCCC2(CCCOC2)N1. The van der Waals surface area contributed by atoms with Crippen LogP contribution in [0, 0.1) is 0 Å². The lowest BCUT2D eigenvalue weighted by atomic mass is 9.88. The molecule has 1 unspecified atom stereocenters. The van der Waals surface area contributed by atoms with Crippen LogP contribution in [0.4, 0.5) is 4.79 Å². The minimum absolute atomic E-state index is 0.0493. The van der Waals surface area contributed by atoms with Crippen molar-refractivity contribution in [1.82, 2.24) is 10.6 Å². The van der Waals surface area contributed by atoms with E-state index in [1.54, 1.807) is 0 Å². The first-order valence-corrected chi connectivity index (χ1v) is 4.45. The maximum atomic E-state index is 11.1. The van der Waals surface area contributed by atoms with Gasteiger partial charge in [0.15, 0.2) is 0 Å². The molecule has 0 aliphatic carbocycles. The normalized spacial score (nSPS) is 35.8. The fraction of sp³-hybridized carbons (Fsp3) is 0.875. The van der Waals surface area contributed by atoms with Crippen LogP contribution in [-0.4, -0.2) is 31.3 Å². The quantitative estimate of drug-likeness (QED) is 0.547. The van der Waals surface area contributed by atoms with Gasteiger partial charge in [0, 0.05) is 13.2 Å². The minimum atomic E-state index is -0.0550. The van der Waals surface area contributed by atoms with E-state index in [9.17, 15) is 4.79 Å². The Balaban J connectivity index is 2.02. The molecule has 4 nitrogen and oxygen atoms in total. The Morgan fingerprint density at radius 3 is 3.00 bits per heavy atom. The molecule has 0 saturated carbocycles. The fourth-order valence-corrected chi connectivity index (χ4v) is 1.91. The molecule has 2 aliphatic rings. The molecule has 2 amide bonds. The van der Waals surface area contributed by atoms with Crippen LogP contribution >= 0.6 is 0 Å². The minimum Gasteiger partial charge on any atom is -0.379 e. The Morgan fingerprint density at radius 1 is 1.42 bits per heavy atom. The van der Waals surface area contributed by atoms with Gasteiger partial charge >= 0.3 is 6.03 Å². The molecule has 0 radical (unpaired) electrons. The number of hydrogen-bond donors (Lipinski definition) is 2. The molecule has 4 heteroatoms. The zero-order valence-electron chi connectivity index (χ0n) is 7.06. The van der Waals surface area contributed by atoms with Crippen molar-refractivity contribution >= 4 is 6.03 Å². The molecule has 1 spiro atoms. The lowest BCUT2D eigenvalue weighted by Crippen LogP contribution is -2.61. The van der Waals surface area contributed by atoms with E-state index in [2.05, 4.69) is 10.6 Å². The number of nitrogens with one attached hydrogen (secondary N) is 2. The Kier molecular flexibility index (Phi) is 1.92.